The van der Waals surface area contributed by atoms with Gasteiger partial charge in [0.25, 0.3) is 0 Å². The topological polar surface area (TPSA) is 24.1 Å². The van der Waals surface area contributed by atoms with Crippen molar-refractivity contribution in [3.05, 3.63) is 57.6 Å². The van der Waals surface area contributed by atoms with Crippen molar-refractivity contribution in [2.45, 2.75) is 13.8 Å². The Morgan fingerprint density at radius 3 is 2.45 bits per heavy atom. The van der Waals surface area contributed by atoms with Crippen LogP contribution >= 0.6 is 35.4 Å². The summed E-state index contributed by atoms with van der Waals surface area (Å²) in [6.07, 6.45) is 0. The quantitative estimate of drug-likeness (QED) is 0.721. The Balaban J connectivity index is 2.09. The van der Waals surface area contributed by atoms with E-state index in [1.165, 1.54) is 0 Å². The number of thiocarbonyl (C=S) groups is 1. The molecule has 0 radical (unpaired) electrons. The Morgan fingerprint density at radius 1 is 1.00 bits per heavy atom. The number of benzene rings is 2. The molecule has 0 unspecified atom stereocenters. The predicted octanol–water partition coefficient (Wildman–Crippen LogP) is 5.42. The zero-order valence-corrected chi connectivity index (χ0v) is 13.5. The van der Waals surface area contributed by atoms with E-state index in [1.54, 1.807) is 0 Å². The molecule has 2 aromatic carbocycles. The lowest BCUT2D eigenvalue weighted by atomic mass is 10.2. The lowest BCUT2D eigenvalue weighted by Gasteiger charge is -2.13. The number of anilines is 2. The molecule has 0 aromatic heterocycles. The van der Waals surface area contributed by atoms with Gasteiger partial charge in [-0.2, -0.15) is 0 Å². The van der Waals surface area contributed by atoms with Gasteiger partial charge in [0.15, 0.2) is 5.11 Å². The summed E-state index contributed by atoms with van der Waals surface area (Å²) in [5.74, 6) is 0. The van der Waals surface area contributed by atoms with Crippen LogP contribution in [-0.4, -0.2) is 5.11 Å². The van der Waals surface area contributed by atoms with E-state index < -0.39 is 0 Å². The summed E-state index contributed by atoms with van der Waals surface area (Å²) < 4.78 is 0. The van der Waals surface area contributed by atoms with E-state index in [-0.39, 0.29) is 0 Å². The number of rotatable bonds is 2. The minimum atomic E-state index is 0.496. The first kappa shape index (κ1) is 15.1. The average Bonchev–Trinajstić information content (AvgIpc) is 2.39. The molecule has 2 rings (SSSR count). The third-order valence-electron chi connectivity index (χ3n) is 2.95. The van der Waals surface area contributed by atoms with Gasteiger partial charge in [-0.05, 0) is 61.5 Å². The largest absolute Gasteiger partial charge is 0.332 e. The highest BCUT2D eigenvalue weighted by Crippen LogP contribution is 2.24. The van der Waals surface area contributed by atoms with Gasteiger partial charge in [0, 0.05) is 21.4 Å². The fraction of sp³-hybridized carbons (Fsp3) is 0.133. The summed E-state index contributed by atoms with van der Waals surface area (Å²) in [5.41, 5.74) is 3.72. The lowest BCUT2D eigenvalue weighted by Crippen LogP contribution is -2.19. The molecule has 0 aliphatic carbocycles. The summed E-state index contributed by atoms with van der Waals surface area (Å²) in [6, 6.07) is 11.4. The fourth-order valence-electron chi connectivity index (χ4n) is 1.70. The van der Waals surface area contributed by atoms with Gasteiger partial charge in [0.05, 0.1) is 0 Å². The van der Waals surface area contributed by atoms with Gasteiger partial charge in [-0.3, -0.25) is 0 Å². The molecule has 0 spiro atoms. The maximum absolute atomic E-state index is 6.08. The smallest absolute Gasteiger partial charge is 0.175 e. The molecule has 2 N–H and O–H groups in total. The van der Waals surface area contributed by atoms with Crippen LogP contribution < -0.4 is 10.6 Å². The molecular weight excluding hydrogens is 311 g/mol. The van der Waals surface area contributed by atoms with Crippen molar-refractivity contribution in [2.75, 3.05) is 10.6 Å². The molecule has 0 amide bonds. The molecule has 0 saturated carbocycles. The van der Waals surface area contributed by atoms with Gasteiger partial charge >= 0.3 is 0 Å². The van der Waals surface area contributed by atoms with E-state index in [4.69, 9.17) is 35.4 Å². The van der Waals surface area contributed by atoms with Crippen molar-refractivity contribution in [3.63, 3.8) is 0 Å². The van der Waals surface area contributed by atoms with E-state index in [1.807, 2.05) is 50.2 Å². The minimum Gasteiger partial charge on any atom is -0.332 e. The number of hydrogen-bond acceptors (Lipinski definition) is 1. The monoisotopic (exact) mass is 324 g/mol. The molecule has 20 heavy (non-hydrogen) atoms. The first-order valence-electron chi connectivity index (χ1n) is 6.06. The Labute approximate surface area is 134 Å². The summed E-state index contributed by atoms with van der Waals surface area (Å²) in [5, 5.41) is 8.13. The van der Waals surface area contributed by atoms with Crippen molar-refractivity contribution in [2.24, 2.45) is 0 Å². The zero-order chi connectivity index (χ0) is 14.7. The standard InChI is InChI=1S/C15H14Cl2N2S/c1-9-6-7-11(8-13(9)17)18-15(20)19-14-5-3-4-12(16)10(14)2/h3-8H,1-2H3,(H2,18,19,20). The van der Waals surface area contributed by atoms with E-state index >= 15 is 0 Å². The molecule has 5 heteroatoms. The van der Waals surface area contributed by atoms with E-state index in [2.05, 4.69) is 10.6 Å². The molecular formula is C15H14Cl2N2S. The van der Waals surface area contributed by atoms with Crippen molar-refractivity contribution >= 4 is 51.9 Å². The van der Waals surface area contributed by atoms with Gasteiger partial charge < -0.3 is 10.6 Å². The van der Waals surface area contributed by atoms with Crippen LogP contribution in [0.15, 0.2) is 36.4 Å². The summed E-state index contributed by atoms with van der Waals surface area (Å²) >= 11 is 17.4. The lowest BCUT2D eigenvalue weighted by molar-refractivity contribution is 1.45. The van der Waals surface area contributed by atoms with Crippen LogP contribution in [0, 0.1) is 13.8 Å². The third kappa shape index (κ3) is 3.63. The first-order valence-corrected chi connectivity index (χ1v) is 7.23. The highest BCUT2D eigenvalue weighted by atomic mass is 35.5. The van der Waals surface area contributed by atoms with E-state index in [0.29, 0.717) is 15.2 Å². The Morgan fingerprint density at radius 2 is 1.75 bits per heavy atom. The predicted molar refractivity (Wildman–Crippen MR) is 92.2 cm³/mol. The molecule has 2 aromatic rings. The molecule has 0 saturated heterocycles. The van der Waals surface area contributed by atoms with Crippen molar-refractivity contribution in [3.8, 4) is 0 Å². The number of halogens is 2. The van der Waals surface area contributed by atoms with Gasteiger partial charge in [-0.25, -0.2) is 0 Å². The molecule has 0 fully saturated rings. The second kappa shape index (κ2) is 6.44. The molecule has 0 aliphatic heterocycles. The van der Waals surface area contributed by atoms with Crippen LogP contribution in [0.2, 0.25) is 10.0 Å². The molecule has 2 nitrogen and oxygen atoms in total. The normalized spacial score (nSPS) is 10.2. The van der Waals surface area contributed by atoms with Crippen LogP contribution in [0.1, 0.15) is 11.1 Å². The van der Waals surface area contributed by atoms with Crippen LogP contribution in [0.4, 0.5) is 11.4 Å². The second-order valence-corrected chi connectivity index (χ2v) is 5.68. The maximum atomic E-state index is 6.08. The molecule has 0 atom stereocenters. The molecule has 0 aliphatic rings. The minimum absolute atomic E-state index is 0.496. The van der Waals surface area contributed by atoms with Gasteiger partial charge in [0.1, 0.15) is 0 Å². The summed E-state index contributed by atoms with van der Waals surface area (Å²) in [7, 11) is 0. The Bertz CT molecular complexity index is 656. The van der Waals surface area contributed by atoms with Crippen molar-refractivity contribution in [1.82, 2.24) is 0 Å². The second-order valence-electron chi connectivity index (χ2n) is 4.46. The summed E-state index contributed by atoms with van der Waals surface area (Å²) in [4.78, 5) is 0. The Hall–Kier alpha value is -1.29. The third-order valence-corrected chi connectivity index (χ3v) is 3.97. The molecule has 0 heterocycles. The van der Waals surface area contributed by atoms with E-state index in [9.17, 15) is 0 Å². The molecule has 104 valence electrons. The van der Waals surface area contributed by atoms with Gasteiger partial charge in [0.2, 0.25) is 0 Å². The van der Waals surface area contributed by atoms with Crippen molar-refractivity contribution < 1.29 is 0 Å². The highest BCUT2D eigenvalue weighted by molar-refractivity contribution is 7.80. The SMILES string of the molecule is Cc1ccc(NC(=S)Nc2cccc(Cl)c2C)cc1Cl. The zero-order valence-electron chi connectivity index (χ0n) is 11.1. The van der Waals surface area contributed by atoms with Gasteiger partial charge in [-0.1, -0.05) is 35.3 Å². The highest BCUT2D eigenvalue weighted by Gasteiger charge is 2.05. The number of hydrogen-bond donors (Lipinski definition) is 2. The van der Waals surface area contributed by atoms with Gasteiger partial charge in [-0.15, -0.1) is 0 Å². The van der Waals surface area contributed by atoms with Crippen LogP contribution in [0.25, 0.3) is 0 Å². The number of aryl methyl sites for hydroxylation is 1. The van der Waals surface area contributed by atoms with Crippen LogP contribution in [0.3, 0.4) is 0 Å². The van der Waals surface area contributed by atoms with Crippen LogP contribution in [-0.2, 0) is 0 Å². The van der Waals surface area contributed by atoms with Crippen molar-refractivity contribution in [1.29, 1.82) is 0 Å². The van der Waals surface area contributed by atoms with E-state index in [0.717, 1.165) is 22.5 Å². The maximum Gasteiger partial charge on any atom is 0.175 e. The first-order chi connectivity index (χ1) is 9.47. The average molecular weight is 325 g/mol. The molecule has 0 bridgehead atoms. The van der Waals surface area contributed by atoms with Crippen LogP contribution in [0.5, 0.6) is 0 Å². The number of nitrogens with one attached hydrogen (secondary N) is 2. The summed E-state index contributed by atoms with van der Waals surface area (Å²) in [6.45, 7) is 3.90. The fourth-order valence-corrected chi connectivity index (χ4v) is 2.28. The Kier molecular flexibility index (Phi) is 4.86.